The van der Waals surface area contributed by atoms with Gasteiger partial charge in [0, 0.05) is 0 Å². The van der Waals surface area contributed by atoms with Crippen LogP contribution in [0.25, 0.3) is 6.08 Å². The van der Waals surface area contributed by atoms with E-state index in [9.17, 15) is 14.4 Å². The van der Waals surface area contributed by atoms with Gasteiger partial charge in [0.05, 0.1) is 22.8 Å². The van der Waals surface area contributed by atoms with Crippen molar-refractivity contribution in [2.75, 3.05) is 12.0 Å². The van der Waals surface area contributed by atoms with Gasteiger partial charge in [0.1, 0.15) is 11.3 Å². The number of carbonyl (C=O) groups is 3. The fourth-order valence-corrected chi connectivity index (χ4v) is 2.91. The fourth-order valence-electron chi connectivity index (χ4n) is 2.53. The molecule has 1 N–H and O–H groups in total. The number of halogens is 2. The Morgan fingerprint density at radius 3 is 2.43 bits per heavy atom. The molecule has 3 rings (SSSR count). The number of nitrogens with zero attached hydrogens (tertiary/aromatic N) is 1. The van der Waals surface area contributed by atoms with Gasteiger partial charge in [-0.2, -0.15) is 0 Å². The van der Waals surface area contributed by atoms with Crippen molar-refractivity contribution in [2.24, 2.45) is 0 Å². The number of barbiturate groups is 1. The normalized spacial score (nSPS) is 16.0. The van der Waals surface area contributed by atoms with Gasteiger partial charge < -0.3 is 4.74 Å². The molecule has 0 bridgehead atoms. The molecule has 0 spiro atoms. The standard InChI is InChI=1S/C20H14Cl2N2O4/c1-28-13-10-8-12(9-11-13)4-2-5-14-18(25)23-20(27)24(19(14)26)16-7-3-6-15(21)17(16)22/h2-11H,1H3,(H,23,25,27)/b4-2+,14-5+. The molecule has 0 aromatic heterocycles. The second-order valence-electron chi connectivity index (χ2n) is 5.69. The Hall–Kier alpha value is -3.09. The molecule has 0 atom stereocenters. The molecule has 142 valence electrons. The van der Waals surface area contributed by atoms with Crippen LogP contribution in [-0.2, 0) is 9.59 Å². The first-order chi connectivity index (χ1) is 13.4. The van der Waals surface area contributed by atoms with Crippen LogP contribution in [0.15, 0.2) is 60.2 Å². The number of ether oxygens (including phenoxy) is 1. The Balaban J connectivity index is 1.89. The van der Waals surface area contributed by atoms with Gasteiger partial charge in [0.25, 0.3) is 11.8 Å². The van der Waals surface area contributed by atoms with Crippen LogP contribution in [0.2, 0.25) is 10.0 Å². The van der Waals surface area contributed by atoms with Crippen LogP contribution in [0.5, 0.6) is 5.75 Å². The summed E-state index contributed by atoms with van der Waals surface area (Å²) in [5, 5.41) is 2.34. The average Bonchev–Trinajstić information content (AvgIpc) is 2.68. The van der Waals surface area contributed by atoms with E-state index >= 15 is 0 Å². The lowest BCUT2D eigenvalue weighted by Crippen LogP contribution is -2.54. The van der Waals surface area contributed by atoms with Gasteiger partial charge in [-0.15, -0.1) is 0 Å². The maximum atomic E-state index is 12.8. The lowest BCUT2D eigenvalue weighted by Gasteiger charge is -2.27. The van der Waals surface area contributed by atoms with E-state index in [-0.39, 0.29) is 21.3 Å². The van der Waals surface area contributed by atoms with Gasteiger partial charge in [-0.1, -0.05) is 53.6 Å². The lowest BCUT2D eigenvalue weighted by atomic mass is 10.1. The largest absolute Gasteiger partial charge is 0.497 e. The number of allylic oxidation sites excluding steroid dienone is 2. The summed E-state index contributed by atoms with van der Waals surface area (Å²) in [4.78, 5) is 37.8. The summed E-state index contributed by atoms with van der Waals surface area (Å²) < 4.78 is 5.09. The molecule has 1 fully saturated rings. The summed E-state index contributed by atoms with van der Waals surface area (Å²) in [7, 11) is 1.57. The summed E-state index contributed by atoms with van der Waals surface area (Å²) in [5.74, 6) is -0.869. The highest BCUT2D eigenvalue weighted by molar-refractivity contribution is 6.46. The van der Waals surface area contributed by atoms with Crippen LogP contribution in [0.3, 0.4) is 0 Å². The molecule has 0 radical (unpaired) electrons. The number of rotatable bonds is 4. The molecule has 0 unspecified atom stereocenters. The van der Waals surface area contributed by atoms with Gasteiger partial charge in [0.2, 0.25) is 0 Å². The molecule has 6 nitrogen and oxygen atoms in total. The summed E-state index contributed by atoms with van der Waals surface area (Å²) in [6.07, 6.45) is 4.59. The number of anilines is 1. The van der Waals surface area contributed by atoms with Crippen molar-refractivity contribution in [3.05, 3.63) is 75.8 Å². The zero-order chi connectivity index (χ0) is 20.3. The summed E-state index contributed by atoms with van der Waals surface area (Å²) >= 11 is 12.1. The summed E-state index contributed by atoms with van der Waals surface area (Å²) in [6, 6.07) is 10.9. The molecule has 2 aromatic carbocycles. The molecule has 8 heteroatoms. The molecule has 1 saturated heterocycles. The maximum Gasteiger partial charge on any atom is 0.336 e. The van der Waals surface area contributed by atoms with Crippen molar-refractivity contribution >= 4 is 52.8 Å². The van der Waals surface area contributed by atoms with Crippen molar-refractivity contribution in [3.63, 3.8) is 0 Å². The Kier molecular flexibility index (Phi) is 5.82. The van der Waals surface area contributed by atoms with Crippen LogP contribution >= 0.6 is 23.2 Å². The predicted octanol–water partition coefficient (Wildman–Crippen LogP) is 4.22. The zero-order valence-corrected chi connectivity index (χ0v) is 16.1. The van der Waals surface area contributed by atoms with E-state index in [1.54, 1.807) is 37.5 Å². The number of methoxy groups -OCH3 is 1. The number of hydrogen-bond donors (Lipinski definition) is 1. The second-order valence-corrected chi connectivity index (χ2v) is 6.47. The maximum absolute atomic E-state index is 12.8. The first-order valence-corrected chi connectivity index (χ1v) is 8.84. The third-order valence-electron chi connectivity index (χ3n) is 3.94. The van der Waals surface area contributed by atoms with E-state index < -0.39 is 17.8 Å². The van der Waals surface area contributed by atoms with E-state index in [0.717, 1.165) is 10.5 Å². The molecule has 1 aliphatic heterocycles. The van der Waals surface area contributed by atoms with Gasteiger partial charge in [-0.25, -0.2) is 9.69 Å². The van der Waals surface area contributed by atoms with Crippen molar-refractivity contribution < 1.29 is 19.1 Å². The molecular weight excluding hydrogens is 403 g/mol. The van der Waals surface area contributed by atoms with Gasteiger partial charge in [-0.3, -0.25) is 14.9 Å². The average molecular weight is 417 g/mol. The van der Waals surface area contributed by atoms with Gasteiger partial charge >= 0.3 is 6.03 Å². The Morgan fingerprint density at radius 2 is 1.75 bits per heavy atom. The topological polar surface area (TPSA) is 75.7 Å². The third-order valence-corrected chi connectivity index (χ3v) is 4.75. The number of hydrogen-bond acceptors (Lipinski definition) is 4. The smallest absolute Gasteiger partial charge is 0.336 e. The number of nitrogens with one attached hydrogen (secondary N) is 1. The molecule has 0 aliphatic carbocycles. The van der Waals surface area contributed by atoms with Crippen molar-refractivity contribution in [1.82, 2.24) is 5.32 Å². The molecule has 1 aliphatic rings. The van der Waals surface area contributed by atoms with Gasteiger partial charge in [-0.05, 0) is 35.9 Å². The number of urea groups is 1. The van der Waals surface area contributed by atoms with E-state index in [1.165, 1.54) is 18.2 Å². The molecule has 0 saturated carbocycles. The highest BCUT2D eigenvalue weighted by atomic mass is 35.5. The number of amides is 4. The van der Waals surface area contributed by atoms with Crippen LogP contribution in [0.4, 0.5) is 10.5 Å². The van der Waals surface area contributed by atoms with Crippen LogP contribution < -0.4 is 15.0 Å². The minimum atomic E-state index is -0.893. The SMILES string of the molecule is COc1ccc(/C=C/C=C2\C(=O)NC(=O)N(c3cccc(Cl)c3Cl)C2=O)cc1. The summed E-state index contributed by atoms with van der Waals surface area (Å²) in [6.45, 7) is 0. The Labute approximate surface area is 171 Å². The first-order valence-electron chi connectivity index (χ1n) is 8.08. The van der Waals surface area contributed by atoms with E-state index in [4.69, 9.17) is 27.9 Å². The molecular formula is C20H14Cl2N2O4. The molecule has 1 heterocycles. The highest BCUT2D eigenvalue weighted by Crippen LogP contribution is 2.34. The van der Waals surface area contributed by atoms with Crippen molar-refractivity contribution in [1.29, 1.82) is 0 Å². The van der Waals surface area contributed by atoms with Crippen molar-refractivity contribution in [2.45, 2.75) is 0 Å². The van der Waals surface area contributed by atoms with E-state index in [1.807, 2.05) is 12.1 Å². The predicted molar refractivity (Wildman–Crippen MR) is 108 cm³/mol. The minimum Gasteiger partial charge on any atom is -0.497 e. The van der Waals surface area contributed by atoms with Crippen LogP contribution in [0.1, 0.15) is 5.56 Å². The highest BCUT2D eigenvalue weighted by Gasteiger charge is 2.37. The first kappa shape index (κ1) is 19.7. The van der Waals surface area contributed by atoms with E-state index in [2.05, 4.69) is 5.32 Å². The monoisotopic (exact) mass is 416 g/mol. The number of imide groups is 2. The quantitative estimate of drug-likeness (QED) is 0.597. The van der Waals surface area contributed by atoms with Crippen molar-refractivity contribution in [3.8, 4) is 5.75 Å². The molecule has 28 heavy (non-hydrogen) atoms. The summed E-state index contributed by atoms with van der Waals surface area (Å²) in [5.41, 5.74) is 0.724. The third kappa shape index (κ3) is 3.93. The molecule has 4 amide bonds. The minimum absolute atomic E-state index is 0.0372. The number of carbonyl (C=O) groups excluding carboxylic acids is 3. The Bertz CT molecular complexity index is 1010. The van der Waals surface area contributed by atoms with E-state index in [0.29, 0.717) is 5.75 Å². The molecule has 2 aromatic rings. The lowest BCUT2D eigenvalue weighted by molar-refractivity contribution is -0.122. The fraction of sp³-hybridized carbons (Fsp3) is 0.0500. The zero-order valence-electron chi connectivity index (χ0n) is 14.6. The van der Waals surface area contributed by atoms with Crippen LogP contribution in [0, 0.1) is 0 Å². The van der Waals surface area contributed by atoms with Crippen LogP contribution in [-0.4, -0.2) is 25.0 Å². The second kappa shape index (κ2) is 8.29. The Morgan fingerprint density at radius 1 is 1.04 bits per heavy atom. The number of benzene rings is 2. The van der Waals surface area contributed by atoms with Gasteiger partial charge in [0.15, 0.2) is 0 Å².